The van der Waals surface area contributed by atoms with Crippen molar-refractivity contribution in [1.29, 1.82) is 0 Å². The minimum atomic E-state index is 0.157. The summed E-state index contributed by atoms with van der Waals surface area (Å²) < 4.78 is 12.4. The lowest BCUT2D eigenvalue weighted by Gasteiger charge is -2.26. The Balaban J connectivity index is 1.89. The van der Waals surface area contributed by atoms with Gasteiger partial charge in [0.1, 0.15) is 0 Å². The number of aromatic nitrogens is 3. The van der Waals surface area contributed by atoms with Crippen molar-refractivity contribution >= 4 is 0 Å². The normalized spacial score (nSPS) is 23.7. The largest absolute Gasteiger partial charge is 0.383 e. The average Bonchev–Trinajstić information content (AvgIpc) is 2.96. The lowest BCUT2D eigenvalue weighted by molar-refractivity contribution is 0.144. The van der Waals surface area contributed by atoms with E-state index in [0.717, 1.165) is 51.4 Å². The summed E-state index contributed by atoms with van der Waals surface area (Å²) in [5, 5.41) is 11.6. The first kappa shape index (κ1) is 13.5. The Bertz CT molecular complexity index is 361. The summed E-state index contributed by atoms with van der Waals surface area (Å²) in [6, 6.07) is 0. The SMILES string of the molecule is COCCNCC1(Cc2cn(C)nn2)CCOC1. The Labute approximate surface area is 108 Å². The first-order valence-corrected chi connectivity index (χ1v) is 6.37. The van der Waals surface area contributed by atoms with Crippen LogP contribution in [0.2, 0.25) is 0 Å². The summed E-state index contributed by atoms with van der Waals surface area (Å²) >= 11 is 0. The summed E-state index contributed by atoms with van der Waals surface area (Å²) in [5.74, 6) is 0. The van der Waals surface area contributed by atoms with Crippen molar-refractivity contribution in [2.24, 2.45) is 12.5 Å². The molecular weight excluding hydrogens is 232 g/mol. The second-order valence-electron chi connectivity index (χ2n) is 5.03. The van der Waals surface area contributed by atoms with Crippen LogP contribution in [0.3, 0.4) is 0 Å². The number of nitrogens with zero attached hydrogens (tertiary/aromatic N) is 3. The quantitative estimate of drug-likeness (QED) is 0.694. The smallest absolute Gasteiger partial charge is 0.0833 e. The number of hydrogen-bond acceptors (Lipinski definition) is 5. The number of ether oxygens (including phenoxy) is 2. The molecule has 0 spiro atoms. The fourth-order valence-electron chi connectivity index (χ4n) is 2.38. The van der Waals surface area contributed by atoms with Crippen LogP contribution < -0.4 is 5.32 Å². The van der Waals surface area contributed by atoms with E-state index in [4.69, 9.17) is 9.47 Å². The number of nitrogens with one attached hydrogen (secondary N) is 1. The van der Waals surface area contributed by atoms with Crippen LogP contribution in [-0.4, -0.2) is 55.0 Å². The summed E-state index contributed by atoms with van der Waals surface area (Å²) in [7, 11) is 3.61. The third-order valence-corrected chi connectivity index (χ3v) is 3.37. The zero-order valence-corrected chi connectivity index (χ0v) is 11.2. The monoisotopic (exact) mass is 254 g/mol. The minimum absolute atomic E-state index is 0.157. The number of aryl methyl sites for hydroxylation is 1. The molecule has 18 heavy (non-hydrogen) atoms. The Kier molecular flexibility index (Phi) is 4.68. The molecule has 1 atom stereocenters. The highest BCUT2D eigenvalue weighted by molar-refractivity contribution is 5.01. The molecule has 6 nitrogen and oxygen atoms in total. The number of rotatable bonds is 7. The van der Waals surface area contributed by atoms with E-state index in [0.29, 0.717) is 0 Å². The van der Waals surface area contributed by atoms with Crippen LogP contribution in [0.4, 0.5) is 0 Å². The van der Waals surface area contributed by atoms with Gasteiger partial charge in [0.2, 0.25) is 0 Å². The van der Waals surface area contributed by atoms with Gasteiger partial charge >= 0.3 is 0 Å². The van der Waals surface area contributed by atoms with Crippen LogP contribution in [0.25, 0.3) is 0 Å². The maximum Gasteiger partial charge on any atom is 0.0833 e. The Morgan fingerprint density at radius 2 is 2.50 bits per heavy atom. The van der Waals surface area contributed by atoms with E-state index >= 15 is 0 Å². The van der Waals surface area contributed by atoms with Crippen molar-refractivity contribution in [3.8, 4) is 0 Å². The average molecular weight is 254 g/mol. The molecule has 2 rings (SSSR count). The minimum Gasteiger partial charge on any atom is -0.383 e. The van der Waals surface area contributed by atoms with Crippen molar-refractivity contribution in [2.75, 3.05) is 40.0 Å². The lowest BCUT2D eigenvalue weighted by atomic mass is 9.82. The van der Waals surface area contributed by atoms with Crippen LogP contribution in [0.1, 0.15) is 12.1 Å². The van der Waals surface area contributed by atoms with Crippen molar-refractivity contribution in [2.45, 2.75) is 12.8 Å². The highest BCUT2D eigenvalue weighted by Crippen LogP contribution is 2.31. The molecule has 0 radical (unpaired) electrons. The Morgan fingerprint density at radius 3 is 3.11 bits per heavy atom. The van der Waals surface area contributed by atoms with Gasteiger partial charge in [-0.25, -0.2) is 0 Å². The van der Waals surface area contributed by atoms with Gasteiger partial charge in [0.25, 0.3) is 0 Å². The molecule has 1 aliphatic heterocycles. The van der Waals surface area contributed by atoms with Crippen LogP contribution in [-0.2, 0) is 22.9 Å². The topological polar surface area (TPSA) is 61.2 Å². The van der Waals surface area contributed by atoms with Gasteiger partial charge in [-0.2, -0.15) is 0 Å². The zero-order chi connectivity index (χ0) is 12.8. The van der Waals surface area contributed by atoms with Gasteiger partial charge < -0.3 is 14.8 Å². The van der Waals surface area contributed by atoms with Crippen molar-refractivity contribution in [3.63, 3.8) is 0 Å². The molecule has 1 aromatic rings. The van der Waals surface area contributed by atoms with Gasteiger partial charge in [0.05, 0.1) is 18.9 Å². The van der Waals surface area contributed by atoms with E-state index in [1.807, 2.05) is 13.2 Å². The number of hydrogen-bond donors (Lipinski definition) is 1. The Morgan fingerprint density at radius 1 is 1.61 bits per heavy atom. The molecule has 102 valence electrons. The maximum absolute atomic E-state index is 5.57. The molecule has 1 fully saturated rings. The van der Waals surface area contributed by atoms with Gasteiger partial charge in [-0.15, -0.1) is 5.10 Å². The second kappa shape index (κ2) is 6.26. The molecule has 0 aliphatic carbocycles. The van der Waals surface area contributed by atoms with Crippen LogP contribution in [0.5, 0.6) is 0 Å². The molecule has 6 heteroatoms. The molecule has 0 saturated carbocycles. The molecule has 0 bridgehead atoms. The molecule has 1 aromatic heterocycles. The van der Waals surface area contributed by atoms with E-state index < -0.39 is 0 Å². The first-order chi connectivity index (χ1) is 8.74. The second-order valence-corrected chi connectivity index (χ2v) is 5.03. The molecule has 1 aliphatic rings. The van der Waals surface area contributed by atoms with Gasteiger partial charge in [-0.1, -0.05) is 5.21 Å². The van der Waals surface area contributed by atoms with E-state index in [-0.39, 0.29) is 5.41 Å². The molecule has 1 saturated heterocycles. The fourth-order valence-corrected chi connectivity index (χ4v) is 2.38. The lowest BCUT2D eigenvalue weighted by Crippen LogP contribution is -2.38. The standard InChI is InChI=1S/C12H22N4O2/c1-16-8-11(14-15-16)7-12(3-5-18-10-12)9-13-4-6-17-2/h8,13H,3-7,9-10H2,1-2H3. The molecule has 1 unspecified atom stereocenters. The summed E-state index contributed by atoms with van der Waals surface area (Å²) in [6.45, 7) is 4.18. The fraction of sp³-hybridized carbons (Fsp3) is 0.833. The third-order valence-electron chi connectivity index (χ3n) is 3.37. The molecular formula is C12H22N4O2. The molecule has 1 N–H and O–H groups in total. The Hall–Kier alpha value is -0.980. The molecule has 0 amide bonds. The van der Waals surface area contributed by atoms with Crippen molar-refractivity contribution in [1.82, 2.24) is 20.3 Å². The molecule has 0 aromatic carbocycles. The van der Waals surface area contributed by atoms with E-state index in [1.54, 1.807) is 11.8 Å². The summed E-state index contributed by atoms with van der Waals surface area (Å²) in [5.41, 5.74) is 1.19. The van der Waals surface area contributed by atoms with Crippen LogP contribution in [0.15, 0.2) is 6.20 Å². The van der Waals surface area contributed by atoms with E-state index in [9.17, 15) is 0 Å². The van der Waals surface area contributed by atoms with Gasteiger partial charge in [-0.3, -0.25) is 4.68 Å². The zero-order valence-electron chi connectivity index (χ0n) is 11.2. The van der Waals surface area contributed by atoms with E-state index in [2.05, 4.69) is 15.6 Å². The number of methoxy groups -OCH3 is 1. The first-order valence-electron chi connectivity index (χ1n) is 6.37. The third kappa shape index (κ3) is 3.51. The van der Waals surface area contributed by atoms with Crippen molar-refractivity contribution in [3.05, 3.63) is 11.9 Å². The van der Waals surface area contributed by atoms with Crippen LogP contribution >= 0.6 is 0 Å². The van der Waals surface area contributed by atoms with E-state index in [1.165, 1.54) is 0 Å². The predicted molar refractivity (Wildman–Crippen MR) is 67.3 cm³/mol. The summed E-state index contributed by atoms with van der Waals surface area (Å²) in [4.78, 5) is 0. The summed E-state index contributed by atoms with van der Waals surface area (Å²) in [6.07, 6.45) is 3.97. The van der Waals surface area contributed by atoms with Crippen LogP contribution in [0, 0.1) is 5.41 Å². The highest BCUT2D eigenvalue weighted by Gasteiger charge is 2.35. The highest BCUT2D eigenvalue weighted by atomic mass is 16.5. The van der Waals surface area contributed by atoms with Crippen molar-refractivity contribution < 1.29 is 9.47 Å². The van der Waals surface area contributed by atoms with Gasteiger partial charge in [0, 0.05) is 51.9 Å². The van der Waals surface area contributed by atoms with Gasteiger partial charge in [-0.05, 0) is 6.42 Å². The van der Waals surface area contributed by atoms with Gasteiger partial charge in [0.15, 0.2) is 0 Å². The molecule has 2 heterocycles. The maximum atomic E-state index is 5.57. The predicted octanol–water partition coefficient (Wildman–Crippen LogP) is 0.000300.